The Morgan fingerprint density at radius 1 is 1.38 bits per heavy atom. The number of hydrogen-bond donors (Lipinski definition) is 0. The quantitative estimate of drug-likeness (QED) is 0.851. The monoisotopic (exact) mass is 347 g/mol. The van der Waals surface area contributed by atoms with E-state index in [-0.39, 0.29) is 11.8 Å². The van der Waals surface area contributed by atoms with Gasteiger partial charge in [-0.25, -0.2) is 4.98 Å². The fourth-order valence-corrected chi connectivity index (χ4v) is 3.24. The number of halogens is 1. The fourth-order valence-electron chi connectivity index (χ4n) is 3.05. The summed E-state index contributed by atoms with van der Waals surface area (Å²) in [6.45, 7) is 2.45. The smallest absolute Gasteiger partial charge is 0.225 e. The van der Waals surface area contributed by atoms with Crippen LogP contribution in [0.5, 0.6) is 0 Å². The van der Waals surface area contributed by atoms with Gasteiger partial charge in [-0.3, -0.25) is 9.69 Å². The van der Waals surface area contributed by atoms with E-state index in [9.17, 15) is 4.79 Å². The Morgan fingerprint density at radius 3 is 2.79 bits per heavy atom. The summed E-state index contributed by atoms with van der Waals surface area (Å²) in [7, 11) is 3.64. The molecule has 0 saturated carbocycles. The van der Waals surface area contributed by atoms with Crippen LogP contribution in [0.4, 0.5) is 0 Å². The zero-order valence-corrected chi connectivity index (χ0v) is 14.8. The van der Waals surface area contributed by atoms with Crippen molar-refractivity contribution < 1.29 is 9.21 Å². The highest BCUT2D eigenvalue weighted by molar-refractivity contribution is 6.30. The Morgan fingerprint density at radius 2 is 2.12 bits per heavy atom. The normalized spacial score (nSPS) is 16.3. The first-order valence-electron chi connectivity index (χ1n) is 8.17. The number of carbonyl (C=O) groups excluding carboxylic acids is 1. The second kappa shape index (κ2) is 7.36. The van der Waals surface area contributed by atoms with Crippen LogP contribution in [-0.4, -0.2) is 47.9 Å². The van der Waals surface area contributed by atoms with E-state index in [1.54, 1.807) is 11.1 Å². The lowest BCUT2D eigenvalue weighted by atomic mass is 9.95. The summed E-state index contributed by atoms with van der Waals surface area (Å²) < 4.78 is 5.85. The number of oxazole rings is 1. The van der Waals surface area contributed by atoms with E-state index >= 15 is 0 Å². The van der Waals surface area contributed by atoms with Crippen molar-refractivity contribution in [1.29, 1.82) is 0 Å². The minimum absolute atomic E-state index is 0.142. The van der Waals surface area contributed by atoms with Gasteiger partial charge in [0.15, 0.2) is 5.76 Å². The lowest BCUT2D eigenvalue weighted by Crippen LogP contribution is -2.39. The van der Waals surface area contributed by atoms with Crippen molar-refractivity contribution in [3.63, 3.8) is 0 Å². The SMILES string of the molecule is CN(C)C(=O)C1CCN(Cc2ncc(-c3cccc(Cl)c3)o2)CC1. The van der Waals surface area contributed by atoms with Crippen molar-refractivity contribution in [1.82, 2.24) is 14.8 Å². The Balaban J connectivity index is 1.57. The average molecular weight is 348 g/mol. The first-order chi connectivity index (χ1) is 11.5. The molecule has 1 aromatic carbocycles. The number of amides is 1. The number of hydrogen-bond acceptors (Lipinski definition) is 4. The maximum Gasteiger partial charge on any atom is 0.225 e. The standard InChI is InChI=1S/C18H22ClN3O2/c1-21(2)18(23)13-6-8-22(9-7-13)12-17-20-11-16(24-17)14-4-3-5-15(19)10-14/h3-5,10-11,13H,6-9,12H2,1-2H3. The number of likely N-dealkylation sites (tertiary alicyclic amines) is 1. The van der Waals surface area contributed by atoms with Crippen LogP contribution < -0.4 is 0 Å². The van der Waals surface area contributed by atoms with Crippen molar-refractivity contribution in [2.75, 3.05) is 27.2 Å². The van der Waals surface area contributed by atoms with E-state index in [1.807, 2.05) is 38.4 Å². The Labute approximate surface area is 147 Å². The number of rotatable bonds is 4. The molecule has 128 valence electrons. The molecule has 0 radical (unpaired) electrons. The zero-order valence-electron chi connectivity index (χ0n) is 14.0. The lowest BCUT2D eigenvalue weighted by Gasteiger charge is -2.31. The molecular formula is C18H22ClN3O2. The zero-order chi connectivity index (χ0) is 17.1. The highest BCUT2D eigenvalue weighted by atomic mass is 35.5. The van der Waals surface area contributed by atoms with Crippen molar-refractivity contribution in [3.05, 3.63) is 41.4 Å². The van der Waals surface area contributed by atoms with Gasteiger partial charge in [0.1, 0.15) is 0 Å². The molecule has 0 aliphatic carbocycles. The first kappa shape index (κ1) is 17.0. The molecule has 6 heteroatoms. The van der Waals surface area contributed by atoms with Gasteiger partial charge in [-0.2, -0.15) is 0 Å². The summed E-state index contributed by atoms with van der Waals surface area (Å²) in [6, 6.07) is 7.55. The van der Waals surface area contributed by atoms with E-state index in [0.717, 1.165) is 37.3 Å². The van der Waals surface area contributed by atoms with Crippen LogP contribution >= 0.6 is 11.6 Å². The molecule has 1 fully saturated rings. The summed E-state index contributed by atoms with van der Waals surface area (Å²) in [4.78, 5) is 20.4. The van der Waals surface area contributed by atoms with Gasteiger partial charge in [-0.1, -0.05) is 23.7 Å². The van der Waals surface area contributed by atoms with Gasteiger partial charge in [-0.15, -0.1) is 0 Å². The minimum Gasteiger partial charge on any atom is -0.439 e. The number of benzene rings is 1. The van der Waals surface area contributed by atoms with Crippen LogP contribution in [0.1, 0.15) is 18.7 Å². The molecule has 1 saturated heterocycles. The van der Waals surface area contributed by atoms with Crippen molar-refractivity contribution >= 4 is 17.5 Å². The summed E-state index contributed by atoms with van der Waals surface area (Å²) in [5, 5.41) is 0.679. The van der Waals surface area contributed by atoms with Crippen LogP contribution in [0, 0.1) is 5.92 Å². The van der Waals surface area contributed by atoms with Crippen molar-refractivity contribution in [2.45, 2.75) is 19.4 Å². The molecule has 5 nitrogen and oxygen atoms in total. The van der Waals surface area contributed by atoms with Gasteiger partial charge in [0, 0.05) is 30.6 Å². The summed E-state index contributed by atoms with van der Waals surface area (Å²) in [5.41, 5.74) is 0.927. The predicted octanol–water partition coefficient (Wildman–Crippen LogP) is 3.30. The van der Waals surface area contributed by atoms with Gasteiger partial charge in [0.25, 0.3) is 0 Å². The van der Waals surface area contributed by atoms with E-state index in [1.165, 1.54) is 0 Å². The molecule has 0 atom stereocenters. The van der Waals surface area contributed by atoms with Gasteiger partial charge >= 0.3 is 0 Å². The average Bonchev–Trinajstić information content (AvgIpc) is 3.03. The number of carbonyl (C=O) groups is 1. The van der Waals surface area contributed by atoms with E-state index < -0.39 is 0 Å². The molecule has 0 bridgehead atoms. The molecule has 1 amide bonds. The predicted molar refractivity (Wildman–Crippen MR) is 93.6 cm³/mol. The third-order valence-corrected chi connectivity index (χ3v) is 4.63. The molecule has 1 aliphatic heterocycles. The number of piperidine rings is 1. The molecule has 0 unspecified atom stereocenters. The van der Waals surface area contributed by atoms with Gasteiger partial charge in [-0.05, 0) is 38.1 Å². The molecule has 2 aromatic rings. The largest absolute Gasteiger partial charge is 0.439 e. The third kappa shape index (κ3) is 3.97. The lowest BCUT2D eigenvalue weighted by molar-refractivity contribution is -0.134. The van der Waals surface area contributed by atoms with Gasteiger partial charge in [0.05, 0.1) is 12.7 Å². The van der Waals surface area contributed by atoms with Crippen molar-refractivity contribution in [2.24, 2.45) is 5.92 Å². The Bertz CT molecular complexity index is 706. The molecule has 2 heterocycles. The van der Waals surface area contributed by atoms with Crippen LogP contribution in [0.3, 0.4) is 0 Å². The Kier molecular flexibility index (Phi) is 5.21. The van der Waals surface area contributed by atoms with E-state index in [0.29, 0.717) is 17.5 Å². The maximum atomic E-state index is 12.0. The molecular weight excluding hydrogens is 326 g/mol. The second-order valence-electron chi connectivity index (χ2n) is 6.41. The fraction of sp³-hybridized carbons (Fsp3) is 0.444. The van der Waals surface area contributed by atoms with E-state index in [4.69, 9.17) is 16.0 Å². The highest BCUT2D eigenvalue weighted by Gasteiger charge is 2.26. The molecule has 0 spiro atoms. The topological polar surface area (TPSA) is 49.6 Å². The molecule has 0 N–H and O–H groups in total. The summed E-state index contributed by atoms with van der Waals surface area (Å²) >= 11 is 6.02. The molecule has 24 heavy (non-hydrogen) atoms. The van der Waals surface area contributed by atoms with Gasteiger partial charge in [0.2, 0.25) is 11.8 Å². The van der Waals surface area contributed by atoms with Crippen LogP contribution in [0.15, 0.2) is 34.9 Å². The van der Waals surface area contributed by atoms with Crippen LogP contribution in [0.2, 0.25) is 5.02 Å². The van der Waals surface area contributed by atoms with Crippen LogP contribution in [0.25, 0.3) is 11.3 Å². The van der Waals surface area contributed by atoms with Crippen molar-refractivity contribution in [3.8, 4) is 11.3 Å². The summed E-state index contributed by atoms with van der Waals surface area (Å²) in [5.74, 6) is 1.80. The molecule has 1 aromatic heterocycles. The molecule has 3 rings (SSSR count). The number of aromatic nitrogens is 1. The van der Waals surface area contributed by atoms with E-state index in [2.05, 4.69) is 9.88 Å². The highest BCUT2D eigenvalue weighted by Crippen LogP contribution is 2.25. The molecule has 1 aliphatic rings. The maximum absolute atomic E-state index is 12.0. The van der Waals surface area contributed by atoms with Gasteiger partial charge < -0.3 is 9.32 Å². The minimum atomic E-state index is 0.142. The third-order valence-electron chi connectivity index (χ3n) is 4.40. The summed E-state index contributed by atoms with van der Waals surface area (Å²) in [6.07, 6.45) is 3.51. The van der Waals surface area contributed by atoms with Crippen LogP contribution in [-0.2, 0) is 11.3 Å². The first-order valence-corrected chi connectivity index (χ1v) is 8.55. The Hall–Kier alpha value is -1.85. The second-order valence-corrected chi connectivity index (χ2v) is 6.85. The number of nitrogens with zero attached hydrogens (tertiary/aromatic N) is 3.